The van der Waals surface area contributed by atoms with Crippen molar-refractivity contribution in [2.75, 3.05) is 13.2 Å². The maximum absolute atomic E-state index is 11.8. The van der Waals surface area contributed by atoms with Crippen molar-refractivity contribution in [2.24, 2.45) is 0 Å². The van der Waals surface area contributed by atoms with Crippen LogP contribution in [0.1, 0.15) is 23.7 Å². The van der Waals surface area contributed by atoms with E-state index < -0.39 is 16.0 Å². The number of ether oxygens (including phenoxy) is 1. The van der Waals surface area contributed by atoms with E-state index in [1.807, 2.05) is 6.92 Å². The lowest BCUT2D eigenvalue weighted by molar-refractivity contribution is 0.0505. The molecule has 1 rings (SSSR count). The summed E-state index contributed by atoms with van der Waals surface area (Å²) in [6.07, 6.45) is 5.70. The van der Waals surface area contributed by atoms with Crippen molar-refractivity contribution in [1.29, 1.82) is 0 Å². The maximum atomic E-state index is 11.8. The van der Waals surface area contributed by atoms with Gasteiger partial charge in [0, 0.05) is 0 Å². The van der Waals surface area contributed by atoms with Crippen LogP contribution in [-0.2, 0) is 14.8 Å². The third-order valence-corrected chi connectivity index (χ3v) is 3.58. The minimum atomic E-state index is -3.70. The van der Waals surface area contributed by atoms with Crippen LogP contribution >= 0.6 is 0 Å². The standard InChI is InChI=1S/C13H15NO4S/c1-3-8-14-19(16,17)12-7-5-6-11(10-12)13(15)18-9-4-2/h1,5-7,10,14H,4,8-9H2,2H3. The zero-order valence-corrected chi connectivity index (χ0v) is 11.4. The van der Waals surface area contributed by atoms with E-state index >= 15 is 0 Å². The molecule has 1 aromatic carbocycles. The van der Waals surface area contributed by atoms with Gasteiger partial charge in [0.25, 0.3) is 0 Å². The van der Waals surface area contributed by atoms with Gasteiger partial charge in [-0.15, -0.1) is 6.42 Å². The molecule has 19 heavy (non-hydrogen) atoms. The lowest BCUT2D eigenvalue weighted by Gasteiger charge is -2.06. The quantitative estimate of drug-likeness (QED) is 0.627. The van der Waals surface area contributed by atoms with Crippen LogP contribution in [0.25, 0.3) is 0 Å². The number of esters is 1. The third kappa shape index (κ3) is 4.39. The van der Waals surface area contributed by atoms with Crippen LogP contribution in [0.15, 0.2) is 29.2 Å². The second-order valence-corrected chi connectivity index (χ2v) is 5.46. The summed E-state index contributed by atoms with van der Waals surface area (Å²) in [5.41, 5.74) is 0.192. The Morgan fingerprint density at radius 3 is 2.84 bits per heavy atom. The van der Waals surface area contributed by atoms with Gasteiger partial charge < -0.3 is 4.74 Å². The van der Waals surface area contributed by atoms with E-state index in [9.17, 15) is 13.2 Å². The molecule has 0 spiro atoms. The average molecular weight is 281 g/mol. The summed E-state index contributed by atoms with van der Waals surface area (Å²) in [7, 11) is -3.70. The third-order valence-electron chi connectivity index (χ3n) is 2.18. The van der Waals surface area contributed by atoms with Gasteiger partial charge in [-0.1, -0.05) is 18.9 Å². The van der Waals surface area contributed by atoms with Gasteiger partial charge in [-0.2, -0.15) is 4.72 Å². The van der Waals surface area contributed by atoms with Crippen molar-refractivity contribution >= 4 is 16.0 Å². The number of terminal acetylenes is 1. The predicted octanol–water partition coefficient (Wildman–Crippen LogP) is 1.16. The van der Waals surface area contributed by atoms with E-state index in [4.69, 9.17) is 11.2 Å². The average Bonchev–Trinajstić information content (AvgIpc) is 2.42. The van der Waals surface area contributed by atoms with Crippen LogP contribution < -0.4 is 4.72 Å². The molecule has 0 atom stereocenters. The van der Waals surface area contributed by atoms with Crippen LogP contribution in [0, 0.1) is 12.3 Å². The normalized spacial score (nSPS) is 10.7. The molecule has 0 amide bonds. The first-order valence-electron chi connectivity index (χ1n) is 5.71. The highest BCUT2D eigenvalue weighted by molar-refractivity contribution is 7.89. The molecular weight excluding hydrogens is 266 g/mol. The molecule has 102 valence electrons. The summed E-state index contributed by atoms with van der Waals surface area (Å²) in [6, 6.07) is 5.62. The molecule has 0 bridgehead atoms. The SMILES string of the molecule is C#CCNS(=O)(=O)c1cccc(C(=O)OCCC)c1. The molecule has 0 unspecified atom stereocenters. The van der Waals surface area contributed by atoms with Crippen LogP contribution in [0.5, 0.6) is 0 Å². The number of rotatable bonds is 6. The number of hydrogen-bond acceptors (Lipinski definition) is 4. The van der Waals surface area contributed by atoms with Gasteiger partial charge in [-0.05, 0) is 24.6 Å². The van der Waals surface area contributed by atoms with E-state index in [2.05, 4.69) is 10.6 Å². The van der Waals surface area contributed by atoms with E-state index in [0.717, 1.165) is 0 Å². The van der Waals surface area contributed by atoms with Crippen molar-refractivity contribution in [3.05, 3.63) is 29.8 Å². The minimum absolute atomic E-state index is 0.0197. The largest absolute Gasteiger partial charge is 0.462 e. The molecule has 0 saturated carbocycles. The Morgan fingerprint density at radius 2 is 2.21 bits per heavy atom. The summed E-state index contributed by atoms with van der Waals surface area (Å²) in [6.45, 7) is 2.07. The maximum Gasteiger partial charge on any atom is 0.338 e. The lowest BCUT2D eigenvalue weighted by Crippen LogP contribution is -2.24. The molecule has 0 aromatic heterocycles. The summed E-state index contributed by atoms with van der Waals surface area (Å²) in [5.74, 6) is 1.63. The first kappa shape index (κ1) is 15.2. The lowest BCUT2D eigenvalue weighted by atomic mass is 10.2. The molecule has 0 aliphatic heterocycles. The van der Waals surface area contributed by atoms with Crippen molar-refractivity contribution < 1.29 is 17.9 Å². The first-order chi connectivity index (χ1) is 9.01. The monoisotopic (exact) mass is 281 g/mol. The summed E-state index contributed by atoms with van der Waals surface area (Å²) in [5, 5.41) is 0. The number of nitrogens with one attached hydrogen (secondary N) is 1. The molecule has 0 aliphatic rings. The van der Waals surface area contributed by atoms with Gasteiger partial charge in [0.15, 0.2) is 0 Å². The molecule has 6 heteroatoms. The van der Waals surface area contributed by atoms with Crippen molar-refractivity contribution in [1.82, 2.24) is 4.72 Å². The van der Waals surface area contributed by atoms with Gasteiger partial charge in [0.2, 0.25) is 10.0 Å². The van der Waals surface area contributed by atoms with Gasteiger partial charge in [0.1, 0.15) is 0 Å². The first-order valence-corrected chi connectivity index (χ1v) is 7.20. The summed E-state index contributed by atoms with van der Waals surface area (Å²) < 4.78 is 30.8. The van der Waals surface area contributed by atoms with Crippen LogP contribution in [0.2, 0.25) is 0 Å². The fraction of sp³-hybridized carbons (Fsp3) is 0.308. The minimum Gasteiger partial charge on any atom is -0.462 e. The van der Waals surface area contributed by atoms with Gasteiger partial charge in [-0.25, -0.2) is 13.2 Å². The highest BCUT2D eigenvalue weighted by atomic mass is 32.2. The topological polar surface area (TPSA) is 72.5 Å². The molecule has 0 radical (unpaired) electrons. The number of benzene rings is 1. The Bertz CT molecular complexity index is 587. The van der Waals surface area contributed by atoms with E-state index in [1.54, 1.807) is 0 Å². The van der Waals surface area contributed by atoms with Crippen LogP contribution in [0.3, 0.4) is 0 Å². The number of carbonyl (C=O) groups is 1. The molecular formula is C13H15NO4S. The zero-order chi connectivity index (χ0) is 14.3. The van der Waals surface area contributed by atoms with Crippen LogP contribution in [0.4, 0.5) is 0 Å². The molecule has 0 saturated heterocycles. The van der Waals surface area contributed by atoms with Crippen LogP contribution in [-0.4, -0.2) is 27.5 Å². The molecule has 1 N–H and O–H groups in total. The van der Waals surface area contributed by atoms with Crippen molar-refractivity contribution in [2.45, 2.75) is 18.2 Å². The van der Waals surface area contributed by atoms with Gasteiger partial charge >= 0.3 is 5.97 Å². The fourth-order valence-corrected chi connectivity index (χ4v) is 2.27. The van der Waals surface area contributed by atoms with Gasteiger partial charge in [-0.3, -0.25) is 0 Å². The van der Waals surface area contributed by atoms with E-state index in [-0.39, 0.29) is 17.0 Å². The predicted molar refractivity (Wildman–Crippen MR) is 71.0 cm³/mol. The molecule has 0 heterocycles. The molecule has 5 nitrogen and oxygen atoms in total. The second kappa shape index (κ2) is 6.92. The Morgan fingerprint density at radius 1 is 1.47 bits per heavy atom. The Labute approximate surface area is 113 Å². The number of sulfonamides is 1. The smallest absolute Gasteiger partial charge is 0.338 e. The van der Waals surface area contributed by atoms with E-state index in [1.165, 1.54) is 24.3 Å². The highest BCUT2D eigenvalue weighted by Gasteiger charge is 2.15. The van der Waals surface area contributed by atoms with Crippen molar-refractivity contribution in [3.8, 4) is 12.3 Å². The molecule has 0 fully saturated rings. The molecule has 1 aromatic rings. The summed E-state index contributed by atoms with van der Waals surface area (Å²) in [4.78, 5) is 11.6. The van der Waals surface area contributed by atoms with Crippen molar-refractivity contribution in [3.63, 3.8) is 0 Å². The second-order valence-electron chi connectivity index (χ2n) is 3.69. The van der Waals surface area contributed by atoms with Gasteiger partial charge in [0.05, 0.1) is 23.6 Å². The Hall–Kier alpha value is -1.84. The molecule has 0 aliphatic carbocycles. The highest BCUT2D eigenvalue weighted by Crippen LogP contribution is 2.12. The van der Waals surface area contributed by atoms with E-state index in [0.29, 0.717) is 13.0 Å². The Balaban J connectivity index is 2.94. The summed E-state index contributed by atoms with van der Waals surface area (Å²) >= 11 is 0. The number of carbonyl (C=O) groups excluding carboxylic acids is 1. The number of hydrogen-bond donors (Lipinski definition) is 1. The Kier molecular flexibility index (Phi) is 5.55. The fourth-order valence-electron chi connectivity index (χ4n) is 1.29. The zero-order valence-electron chi connectivity index (χ0n) is 10.5.